The Morgan fingerprint density at radius 3 is 2.29 bits per heavy atom. The summed E-state index contributed by atoms with van der Waals surface area (Å²) in [4.78, 5) is 35.8. The minimum Gasteiger partial charge on any atom is -0.480 e. The normalized spacial score (nSPS) is 20.4. The molecule has 8 nitrogen and oxygen atoms in total. The number of carboxylic acids is 1. The number of benzene rings is 2. The molecule has 8 heteroatoms. The molecule has 0 saturated carbocycles. The molecule has 0 bridgehead atoms. The molecule has 2 unspecified atom stereocenters. The van der Waals surface area contributed by atoms with Crippen molar-refractivity contribution in [3.05, 3.63) is 59.7 Å². The Morgan fingerprint density at radius 2 is 1.68 bits per heavy atom. The number of hydrogen-bond acceptors (Lipinski definition) is 5. The van der Waals surface area contributed by atoms with Crippen molar-refractivity contribution in [2.24, 2.45) is 5.92 Å². The molecular weight excluding hydrogens is 400 g/mol. The van der Waals surface area contributed by atoms with Crippen LogP contribution in [-0.4, -0.2) is 55.0 Å². The van der Waals surface area contributed by atoms with Gasteiger partial charge < -0.3 is 25.2 Å². The third-order valence-corrected chi connectivity index (χ3v) is 5.79. The van der Waals surface area contributed by atoms with Gasteiger partial charge in [-0.1, -0.05) is 48.5 Å². The zero-order valence-electron chi connectivity index (χ0n) is 17.0. The maximum atomic E-state index is 12.5. The van der Waals surface area contributed by atoms with Crippen molar-refractivity contribution in [3.8, 4) is 11.1 Å². The van der Waals surface area contributed by atoms with Gasteiger partial charge in [0.05, 0.1) is 25.2 Å². The van der Waals surface area contributed by atoms with Crippen molar-refractivity contribution in [2.45, 2.75) is 24.9 Å². The van der Waals surface area contributed by atoms with Crippen LogP contribution in [0.4, 0.5) is 4.79 Å². The molecule has 3 N–H and O–H groups in total. The summed E-state index contributed by atoms with van der Waals surface area (Å²) in [7, 11) is 0. The first-order valence-electron chi connectivity index (χ1n) is 10.2. The molecule has 3 atom stereocenters. The summed E-state index contributed by atoms with van der Waals surface area (Å²) in [5, 5.41) is 14.1. The topological polar surface area (TPSA) is 114 Å². The van der Waals surface area contributed by atoms with Gasteiger partial charge in [-0.05, 0) is 29.2 Å². The second kappa shape index (κ2) is 8.77. The quantitative estimate of drug-likeness (QED) is 0.655. The van der Waals surface area contributed by atoms with Crippen LogP contribution >= 0.6 is 0 Å². The number of carboxylic acid groups (broad SMARTS) is 1. The summed E-state index contributed by atoms with van der Waals surface area (Å²) >= 11 is 0. The second-order valence-electron chi connectivity index (χ2n) is 7.79. The molecular formula is C23H24N2O6. The Kier molecular flexibility index (Phi) is 5.90. The Hall–Kier alpha value is -3.39. The fourth-order valence-corrected chi connectivity index (χ4v) is 4.13. The number of fused-ring (bicyclic) bond motifs is 3. The molecule has 1 aliphatic heterocycles. The molecule has 4 rings (SSSR count). The standard InChI is InChI=1S/C23H24N2O6/c1-13(22(27)28)24-21(26)19-10-30-12-20(19)25-23(29)31-11-18-16-8-4-2-6-14(16)15-7-3-5-9-17(15)18/h2-9,13,18-20H,10-12H2,1H3,(H,24,26)(H,25,29)(H,27,28)/t13-,19?,20?/m1/s1. The molecule has 1 saturated heterocycles. The van der Waals surface area contributed by atoms with E-state index in [0.29, 0.717) is 0 Å². The first-order valence-corrected chi connectivity index (χ1v) is 10.2. The highest BCUT2D eigenvalue weighted by molar-refractivity contribution is 5.86. The molecule has 31 heavy (non-hydrogen) atoms. The molecule has 1 fully saturated rings. The van der Waals surface area contributed by atoms with Gasteiger partial charge in [-0.3, -0.25) is 9.59 Å². The van der Waals surface area contributed by atoms with Gasteiger partial charge in [0.1, 0.15) is 12.6 Å². The summed E-state index contributed by atoms with van der Waals surface area (Å²) in [6.07, 6.45) is -0.638. The Balaban J connectivity index is 1.37. The van der Waals surface area contributed by atoms with Crippen molar-refractivity contribution >= 4 is 18.0 Å². The zero-order chi connectivity index (χ0) is 22.0. The minimum atomic E-state index is -1.13. The first-order chi connectivity index (χ1) is 15.0. The van der Waals surface area contributed by atoms with Crippen molar-refractivity contribution in [2.75, 3.05) is 19.8 Å². The van der Waals surface area contributed by atoms with Crippen LogP contribution in [0, 0.1) is 5.92 Å². The number of carbonyl (C=O) groups excluding carboxylic acids is 2. The predicted octanol–water partition coefficient (Wildman–Crippen LogP) is 2.13. The second-order valence-corrected chi connectivity index (χ2v) is 7.79. The van der Waals surface area contributed by atoms with Crippen LogP contribution in [0.2, 0.25) is 0 Å². The molecule has 0 radical (unpaired) electrons. The molecule has 1 heterocycles. The van der Waals surface area contributed by atoms with Crippen LogP contribution in [0.1, 0.15) is 24.0 Å². The maximum absolute atomic E-state index is 12.5. The molecule has 1 aliphatic carbocycles. The van der Waals surface area contributed by atoms with Gasteiger partial charge in [-0.2, -0.15) is 0 Å². The lowest BCUT2D eigenvalue weighted by molar-refractivity contribution is -0.142. The SMILES string of the molecule is C[C@@H](NC(=O)C1COCC1NC(=O)OCC1c2ccccc2-c2ccccc21)C(=O)O. The Morgan fingerprint density at radius 1 is 1.06 bits per heavy atom. The lowest BCUT2D eigenvalue weighted by Crippen LogP contribution is -2.49. The van der Waals surface area contributed by atoms with Gasteiger partial charge in [0, 0.05) is 5.92 Å². The predicted molar refractivity (Wildman–Crippen MR) is 112 cm³/mol. The van der Waals surface area contributed by atoms with Gasteiger partial charge in [0.2, 0.25) is 5.91 Å². The highest BCUT2D eigenvalue weighted by Gasteiger charge is 2.37. The minimum absolute atomic E-state index is 0.0616. The number of alkyl carbamates (subject to hydrolysis) is 1. The molecule has 0 aromatic heterocycles. The molecule has 2 aliphatic rings. The summed E-state index contributed by atoms with van der Waals surface area (Å²) in [5.74, 6) is -2.35. The van der Waals surface area contributed by atoms with Crippen LogP contribution < -0.4 is 10.6 Å². The van der Waals surface area contributed by atoms with Gasteiger partial charge >= 0.3 is 12.1 Å². The third-order valence-electron chi connectivity index (χ3n) is 5.79. The number of carbonyl (C=O) groups is 3. The summed E-state index contributed by atoms with van der Waals surface area (Å²) in [6.45, 7) is 1.81. The number of nitrogens with one attached hydrogen (secondary N) is 2. The molecule has 0 spiro atoms. The van der Waals surface area contributed by atoms with Crippen LogP contribution in [0.15, 0.2) is 48.5 Å². The average Bonchev–Trinajstić information content (AvgIpc) is 3.34. The third kappa shape index (κ3) is 4.25. The van der Waals surface area contributed by atoms with Gasteiger partial charge in [-0.25, -0.2) is 4.79 Å². The monoisotopic (exact) mass is 424 g/mol. The van der Waals surface area contributed by atoms with E-state index in [0.717, 1.165) is 22.3 Å². The molecule has 2 amide bonds. The highest BCUT2D eigenvalue weighted by Crippen LogP contribution is 2.44. The summed E-state index contributed by atoms with van der Waals surface area (Å²) in [6, 6.07) is 14.5. The number of hydrogen-bond donors (Lipinski definition) is 3. The Bertz CT molecular complexity index is 962. The summed E-state index contributed by atoms with van der Waals surface area (Å²) in [5.41, 5.74) is 4.50. The van der Waals surface area contributed by atoms with E-state index in [1.807, 2.05) is 36.4 Å². The van der Waals surface area contributed by atoms with Crippen molar-refractivity contribution < 1.29 is 29.0 Å². The first kappa shape index (κ1) is 20.9. The summed E-state index contributed by atoms with van der Waals surface area (Å²) < 4.78 is 10.8. The maximum Gasteiger partial charge on any atom is 0.407 e. The van der Waals surface area contributed by atoms with Crippen molar-refractivity contribution in [1.29, 1.82) is 0 Å². The fraction of sp³-hybridized carbons (Fsp3) is 0.348. The number of aliphatic carboxylic acids is 1. The van der Waals surface area contributed by atoms with Crippen LogP contribution in [0.3, 0.4) is 0 Å². The largest absolute Gasteiger partial charge is 0.480 e. The van der Waals surface area contributed by atoms with Crippen LogP contribution in [0.25, 0.3) is 11.1 Å². The van der Waals surface area contributed by atoms with Crippen molar-refractivity contribution in [1.82, 2.24) is 10.6 Å². The number of amides is 2. The van der Waals surface area contributed by atoms with Gasteiger partial charge in [0.15, 0.2) is 0 Å². The van der Waals surface area contributed by atoms with Gasteiger partial charge in [-0.15, -0.1) is 0 Å². The van der Waals surface area contributed by atoms with E-state index >= 15 is 0 Å². The van der Waals surface area contributed by atoms with E-state index in [4.69, 9.17) is 14.6 Å². The lowest BCUT2D eigenvalue weighted by atomic mass is 9.98. The zero-order valence-corrected chi connectivity index (χ0v) is 17.0. The van der Waals surface area contributed by atoms with E-state index in [1.54, 1.807) is 0 Å². The molecule has 2 aromatic rings. The lowest BCUT2D eigenvalue weighted by Gasteiger charge is -2.20. The van der Waals surface area contributed by atoms with Crippen LogP contribution in [-0.2, 0) is 19.1 Å². The van der Waals surface area contributed by atoms with Crippen LogP contribution in [0.5, 0.6) is 0 Å². The molecule has 2 aromatic carbocycles. The fourth-order valence-electron chi connectivity index (χ4n) is 4.13. The van der Waals surface area contributed by atoms with Crippen molar-refractivity contribution in [3.63, 3.8) is 0 Å². The molecule has 162 valence electrons. The van der Waals surface area contributed by atoms with E-state index < -0.39 is 36.0 Å². The van der Waals surface area contributed by atoms with Gasteiger partial charge in [0.25, 0.3) is 0 Å². The number of rotatable bonds is 6. The Labute approximate surface area is 179 Å². The van der Waals surface area contributed by atoms with E-state index in [2.05, 4.69) is 22.8 Å². The van der Waals surface area contributed by atoms with E-state index in [9.17, 15) is 14.4 Å². The number of ether oxygens (including phenoxy) is 2. The average molecular weight is 424 g/mol. The van der Waals surface area contributed by atoms with E-state index in [1.165, 1.54) is 6.92 Å². The highest BCUT2D eigenvalue weighted by atomic mass is 16.5. The van der Waals surface area contributed by atoms with E-state index in [-0.39, 0.29) is 25.7 Å². The smallest absolute Gasteiger partial charge is 0.407 e.